The Morgan fingerprint density at radius 2 is 2.38 bits per heavy atom. The van der Waals surface area contributed by atoms with Crippen molar-refractivity contribution in [3.8, 4) is 5.75 Å². The highest BCUT2D eigenvalue weighted by molar-refractivity contribution is 5.79. The lowest BCUT2D eigenvalue weighted by atomic mass is 10.0. The first-order valence-electron chi connectivity index (χ1n) is 7.10. The summed E-state index contributed by atoms with van der Waals surface area (Å²) >= 11 is 0. The number of amides is 1. The average Bonchev–Trinajstić information content (AvgIpc) is 3.06. The minimum absolute atomic E-state index is 0.0444. The molecule has 0 aliphatic carbocycles. The van der Waals surface area contributed by atoms with Crippen LogP contribution in [0.4, 0.5) is 0 Å². The van der Waals surface area contributed by atoms with Crippen molar-refractivity contribution in [1.29, 1.82) is 0 Å². The monoisotopic (exact) mass is 285 g/mol. The molecule has 5 nitrogen and oxygen atoms in total. The van der Waals surface area contributed by atoms with E-state index >= 15 is 0 Å². The van der Waals surface area contributed by atoms with Gasteiger partial charge in [-0.1, -0.05) is 6.07 Å². The number of hydrogen-bond donors (Lipinski definition) is 1. The summed E-state index contributed by atoms with van der Waals surface area (Å²) < 4.78 is 7.27. The minimum atomic E-state index is 0.0444. The number of nitrogens with one attached hydrogen (secondary N) is 1. The predicted molar refractivity (Wildman–Crippen MR) is 79.2 cm³/mol. The molecule has 2 aromatic rings. The molecule has 1 aliphatic rings. The second-order valence-electron chi connectivity index (χ2n) is 5.39. The number of nitrogens with zero attached hydrogens (tertiary/aromatic N) is 2. The third-order valence-corrected chi connectivity index (χ3v) is 4.00. The van der Waals surface area contributed by atoms with Gasteiger partial charge in [0.1, 0.15) is 5.75 Å². The van der Waals surface area contributed by atoms with Gasteiger partial charge in [-0.05, 0) is 36.6 Å². The summed E-state index contributed by atoms with van der Waals surface area (Å²) in [5.41, 5.74) is 3.19. The van der Waals surface area contributed by atoms with E-state index in [-0.39, 0.29) is 11.9 Å². The number of rotatable bonds is 4. The summed E-state index contributed by atoms with van der Waals surface area (Å²) in [7, 11) is 1.64. The molecule has 0 bridgehead atoms. The van der Waals surface area contributed by atoms with Gasteiger partial charge in [-0.15, -0.1) is 0 Å². The molecule has 21 heavy (non-hydrogen) atoms. The van der Waals surface area contributed by atoms with Crippen LogP contribution in [0, 0.1) is 6.92 Å². The number of carbonyl (C=O) groups excluding carboxylic acids is 1. The van der Waals surface area contributed by atoms with Crippen LogP contribution in [0.5, 0.6) is 5.75 Å². The second-order valence-corrected chi connectivity index (χ2v) is 5.39. The quantitative estimate of drug-likeness (QED) is 0.935. The molecule has 1 amide bonds. The Balaban J connectivity index is 1.65. The molecule has 1 aromatic heterocycles. The third kappa shape index (κ3) is 2.77. The zero-order chi connectivity index (χ0) is 14.8. The highest BCUT2D eigenvalue weighted by atomic mass is 16.5. The second kappa shape index (κ2) is 5.60. The van der Waals surface area contributed by atoms with E-state index in [4.69, 9.17) is 4.74 Å². The third-order valence-electron chi connectivity index (χ3n) is 4.00. The van der Waals surface area contributed by atoms with Crippen molar-refractivity contribution in [2.45, 2.75) is 32.4 Å². The number of aromatic nitrogens is 2. The maximum atomic E-state index is 12.2. The number of ether oxygens (including phenoxy) is 1. The Bertz CT molecular complexity index is 663. The highest BCUT2D eigenvalue weighted by Crippen LogP contribution is 2.25. The van der Waals surface area contributed by atoms with Crippen LogP contribution in [0.2, 0.25) is 0 Å². The molecule has 0 saturated carbocycles. The van der Waals surface area contributed by atoms with Gasteiger partial charge in [-0.3, -0.25) is 4.79 Å². The Kier molecular flexibility index (Phi) is 3.64. The van der Waals surface area contributed by atoms with E-state index in [1.54, 1.807) is 7.11 Å². The number of fused-ring (bicyclic) bond motifs is 1. The smallest absolute Gasteiger partial charge is 0.224 e. The highest BCUT2D eigenvalue weighted by Gasteiger charge is 2.24. The summed E-state index contributed by atoms with van der Waals surface area (Å²) in [6.45, 7) is 2.91. The molecule has 0 radical (unpaired) electrons. The van der Waals surface area contributed by atoms with E-state index < -0.39 is 0 Å². The van der Waals surface area contributed by atoms with E-state index in [0.29, 0.717) is 6.42 Å². The molecular formula is C16H19N3O2. The molecule has 0 spiro atoms. The van der Waals surface area contributed by atoms with Gasteiger partial charge in [-0.25, -0.2) is 4.98 Å². The fraction of sp³-hybridized carbons (Fsp3) is 0.375. The first-order valence-corrected chi connectivity index (χ1v) is 7.10. The lowest BCUT2D eigenvalue weighted by Crippen LogP contribution is -2.28. The zero-order valence-electron chi connectivity index (χ0n) is 12.3. The lowest BCUT2D eigenvalue weighted by molar-refractivity contribution is -0.121. The van der Waals surface area contributed by atoms with Crippen LogP contribution in [-0.2, 0) is 17.8 Å². The molecule has 1 aliphatic heterocycles. The minimum Gasteiger partial charge on any atom is -0.497 e. The molecule has 1 N–H and O–H groups in total. The Labute approximate surface area is 124 Å². The van der Waals surface area contributed by atoms with E-state index in [9.17, 15) is 4.79 Å². The van der Waals surface area contributed by atoms with Crippen LogP contribution in [0.15, 0.2) is 30.7 Å². The van der Waals surface area contributed by atoms with E-state index in [2.05, 4.69) is 14.9 Å². The summed E-state index contributed by atoms with van der Waals surface area (Å²) in [6.07, 6.45) is 4.97. The van der Waals surface area contributed by atoms with Gasteiger partial charge in [-0.2, -0.15) is 0 Å². The van der Waals surface area contributed by atoms with E-state index in [0.717, 1.165) is 35.5 Å². The van der Waals surface area contributed by atoms with Crippen LogP contribution in [0.25, 0.3) is 0 Å². The topological polar surface area (TPSA) is 56.1 Å². The lowest BCUT2D eigenvalue weighted by Gasteiger charge is -2.13. The van der Waals surface area contributed by atoms with Crippen molar-refractivity contribution in [3.05, 3.63) is 47.5 Å². The molecule has 1 atom stereocenters. The molecule has 0 fully saturated rings. The van der Waals surface area contributed by atoms with Gasteiger partial charge in [0, 0.05) is 6.54 Å². The fourth-order valence-electron chi connectivity index (χ4n) is 2.78. The largest absolute Gasteiger partial charge is 0.497 e. The number of carbonyl (C=O) groups is 1. The first-order chi connectivity index (χ1) is 10.2. The molecule has 110 valence electrons. The van der Waals surface area contributed by atoms with E-state index in [1.165, 1.54) is 0 Å². The fourth-order valence-corrected chi connectivity index (χ4v) is 2.78. The van der Waals surface area contributed by atoms with Crippen molar-refractivity contribution in [1.82, 2.24) is 14.9 Å². The molecule has 5 heteroatoms. The van der Waals surface area contributed by atoms with Crippen LogP contribution in [0.3, 0.4) is 0 Å². The maximum Gasteiger partial charge on any atom is 0.224 e. The predicted octanol–water partition coefficient (Wildman–Crippen LogP) is 2.00. The van der Waals surface area contributed by atoms with Crippen LogP contribution in [-0.4, -0.2) is 22.6 Å². The molecule has 1 unspecified atom stereocenters. The molecule has 0 saturated heterocycles. The van der Waals surface area contributed by atoms with Crippen LogP contribution < -0.4 is 10.1 Å². The van der Waals surface area contributed by atoms with Crippen molar-refractivity contribution >= 4 is 5.91 Å². The summed E-state index contributed by atoms with van der Waals surface area (Å²) in [5, 5.41) is 3.09. The summed E-state index contributed by atoms with van der Waals surface area (Å²) in [5.74, 6) is 0.860. The van der Waals surface area contributed by atoms with Crippen molar-refractivity contribution in [3.63, 3.8) is 0 Å². The van der Waals surface area contributed by atoms with Gasteiger partial charge < -0.3 is 14.6 Å². The van der Waals surface area contributed by atoms with Gasteiger partial charge in [0.05, 0.1) is 37.8 Å². The Hall–Kier alpha value is -2.30. The standard InChI is InChI=1S/C16H19N3O2/c1-11-7-13(21-2)4-3-12(11)8-16(20)18-14-5-6-19-10-17-9-15(14)19/h3-4,7,9-10,14H,5-6,8H2,1-2H3,(H,18,20). The molecule has 2 heterocycles. The number of hydrogen-bond acceptors (Lipinski definition) is 3. The van der Waals surface area contributed by atoms with Gasteiger partial charge in [0.2, 0.25) is 5.91 Å². The van der Waals surface area contributed by atoms with E-state index in [1.807, 2.05) is 37.6 Å². The Morgan fingerprint density at radius 3 is 3.14 bits per heavy atom. The summed E-state index contributed by atoms with van der Waals surface area (Å²) in [6, 6.07) is 5.87. The zero-order valence-corrected chi connectivity index (χ0v) is 12.3. The van der Waals surface area contributed by atoms with Crippen LogP contribution in [0.1, 0.15) is 29.3 Å². The first kappa shape index (κ1) is 13.7. The van der Waals surface area contributed by atoms with Crippen molar-refractivity contribution in [2.24, 2.45) is 0 Å². The van der Waals surface area contributed by atoms with Crippen molar-refractivity contribution in [2.75, 3.05) is 7.11 Å². The summed E-state index contributed by atoms with van der Waals surface area (Å²) in [4.78, 5) is 16.4. The molecule has 1 aromatic carbocycles. The number of benzene rings is 1. The van der Waals surface area contributed by atoms with Gasteiger partial charge >= 0.3 is 0 Å². The van der Waals surface area contributed by atoms with Crippen molar-refractivity contribution < 1.29 is 9.53 Å². The number of aryl methyl sites for hydroxylation is 2. The average molecular weight is 285 g/mol. The van der Waals surface area contributed by atoms with Gasteiger partial charge in [0.15, 0.2) is 0 Å². The maximum absolute atomic E-state index is 12.2. The Morgan fingerprint density at radius 1 is 1.52 bits per heavy atom. The SMILES string of the molecule is COc1ccc(CC(=O)NC2CCn3cncc32)c(C)c1. The normalized spacial score (nSPS) is 16.6. The number of imidazole rings is 1. The number of methoxy groups -OCH3 is 1. The molecular weight excluding hydrogens is 266 g/mol. The van der Waals surface area contributed by atoms with Crippen LogP contribution >= 0.6 is 0 Å². The molecule has 3 rings (SSSR count). The van der Waals surface area contributed by atoms with Gasteiger partial charge in [0.25, 0.3) is 0 Å².